The van der Waals surface area contributed by atoms with E-state index in [-0.39, 0.29) is 11.9 Å². The summed E-state index contributed by atoms with van der Waals surface area (Å²) in [6.45, 7) is 9.18. The molecule has 0 saturated carbocycles. The van der Waals surface area contributed by atoms with Crippen LogP contribution in [0.2, 0.25) is 0 Å². The Bertz CT molecular complexity index is 406. The lowest BCUT2D eigenvalue weighted by atomic mass is 9.95. The van der Waals surface area contributed by atoms with Gasteiger partial charge in [0.1, 0.15) is 10.7 Å². The number of thiazole rings is 1. The van der Waals surface area contributed by atoms with Gasteiger partial charge in [0, 0.05) is 18.5 Å². The van der Waals surface area contributed by atoms with E-state index >= 15 is 0 Å². The van der Waals surface area contributed by atoms with Crippen LogP contribution in [0.25, 0.3) is 0 Å². The number of ether oxygens (including phenoxy) is 1. The summed E-state index contributed by atoms with van der Waals surface area (Å²) >= 11 is 1.46. The third-order valence-electron chi connectivity index (χ3n) is 2.90. The summed E-state index contributed by atoms with van der Waals surface area (Å²) in [7, 11) is 1.63. The monoisotopic (exact) mass is 298 g/mol. The van der Waals surface area contributed by atoms with Crippen molar-refractivity contribution in [3.8, 4) is 0 Å². The SMILES string of the molecule is COCc1nc(C(=O)NC(CC(C)C)CC(C)C)cs1. The zero-order valence-electron chi connectivity index (χ0n) is 13.1. The van der Waals surface area contributed by atoms with Crippen molar-refractivity contribution < 1.29 is 9.53 Å². The van der Waals surface area contributed by atoms with Crippen molar-refractivity contribution in [2.45, 2.75) is 53.2 Å². The van der Waals surface area contributed by atoms with Crippen molar-refractivity contribution in [2.75, 3.05) is 7.11 Å². The Morgan fingerprint density at radius 2 is 1.90 bits per heavy atom. The fraction of sp³-hybridized carbons (Fsp3) is 0.733. The van der Waals surface area contributed by atoms with E-state index < -0.39 is 0 Å². The topological polar surface area (TPSA) is 51.2 Å². The molecule has 0 aliphatic rings. The van der Waals surface area contributed by atoms with Gasteiger partial charge in [-0.15, -0.1) is 11.3 Å². The lowest BCUT2D eigenvalue weighted by Crippen LogP contribution is -2.37. The van der Waals surface area contributed by atoms with Crippen LogP contribution in [0.5, 0.6) is 0 Å². The molecule has 4 nitrogen and oxygen atoms in total. The summed E-state index contributed by atoms with van der Waals surface area (Å²) < 4.78 is 5.02. The number of aromatic nitrogens is 1. The summed E-state index contributed by atoms with van der Waals surface area (Å²) in [6, 6.07) is 0.218. The molecule has 0 spiro atoms. The lowest BCUT2D eigenvalue weighted by Gasteiger charge is -2.22. The van der Waals surface area contributed by atoms with Gasteiger partial charge in [0.2, 0.25) is 0 Å². The van der Waals surface area contributed by atoms with Crippen LogP contribution in [0.1, 0.15) is 56.0 Å². The molecule has 1 amide bonds. The Balaban J connectivity index is 2.63. The van der Waals surface area contributed by atoms with Crippen LogP contribution in [-0.2, 0) is 11.3 Å². The molecule has 5 heteroatoms. The van der Waals surface area contributed by atoms with E-state index in [1.807, 2.05) is 0 Å². The highest BCUT2D eigenvalue weighted by Crippen LogP contribution is 2.15. The molecule has 0 saturated heterocycles. The van der Waals surface area contributed by atoms with E-state index in [0.29, 0.717) is 24.1 Å². The fourth-order valence-corrected chi connectivity index (χ4v) is 2.96. The molecule has 0 radical (unpaired) electrons. The first-order valence-electron chi connectivity index (χ1n) is 7.16. The molecule has 0 unspecified atom stereocenters. The number of nitrogens with zero attached hydrogens (tertiary/aromatic N) is 1. The van der Waals surface area contributed by atoms with Crippen molar-refractivity contribution in [3.05, 3.63) is 16.1 Å². The number of carbonyl (C=O) groups is 1. The number of methoxy groups -OCH3 is 1. The van der Waals surface area contributed by atoms with Crippen molar-refractivity contribution in [2.24, 2.45) is 11.8 Å². The van der Waals surface area contributed by atoms with Gasteiger partial charge in [-0.2, -0.15) is 0 Å². The number of hydrogen-bond donors (Lipinski definition) is 1. The van der Waals surface area contributed by atoms with Gasteiger partial charge in [0.25, 0.3) is 5.91 Å². The Hall–Kier alpha value is -0.940. The highest BCUT2D eigenvalue weighted by atomic mass is 32.1. The summed E-state index contributed by atoms with van der Waals surface area (Å²) in [5, 5.41) is 5.75. The van der Waals surface area contributed by atoms with Crippen LogP contribution >= 0.6 is 11.3 Å². The Labute approximate surface area is 125 Å². The molecule has 1 heterocycles. The summed E-state index contributed by atoms with van der Waals surface area (Å²) in [6.07, 6.45) is 2.00. The molecule has 0 fully saturated rings. The second-order valence-electron chi connectivity index (χ2n) is 5.99. The van der Waals surface area contributed by atoms with Gasteiger partial charge >= 0.3 is 0 Å². The van der Waals surface area contributed by atoms with Crippen LogP contribution in [0, 0.1) is 11.8 Å². The van der Waals surface area contributed by atoms with Gasteiger partial charge in [0.05, 0.1) is 6.61 Å². The van der Waals surface area contributed by atoms with Crippen molar-refractivity contribution in [3.63, 3.8) is 0 Å². The molecule has 114 valence electrons. The third-order valence-corrected chi connectivity index (χ3v) is 3.72. The first-order valence-corrected chi connectivity index (χ1v) is 8.04. The average Bonchev–Trinajstić information content (AvgIpc) is 2.76. The van der Waals surface area contributed by atoms with Gasteiger partial charge in [-0.05, 0) is 24.7 Å². The minimum Gasteiger partial charge on any atom is -0.378 e. The fourth-order valence-electron chi connectivity index (χ4n) is 2.22. The summed E-state index contributed by atoms with van der Waals surface area (Å²) in [5.41, 5.74) is 0.500. The number of carbonyl (C=O) groups excluding carboxylic acids is 1. The second-order valence-corrected chi connectivity index (χ2v) is 6.93. The van der Waals surface area contributed by atoms with E-state index in [0.717, 1.165) is 17.8 Å². The maximum absolute atomic E-state index is 12.2. The molecule has 1 rings (SSSR count). The zero-order chi connectivity index (χ0) is 15.1. The number of hydrogen-bond acceptors (Lipinski definition) is 4. The average molecular weight is 298 g/mol. The van der Waals surface area contributed by atoms with Crippen LogP contribution in [0.15, 0.2) is 5.38 Å². The third kappa shape index (κ3) is 6.01. The maximum atomic E-state index is 12.2. The highest BCUT2D eigenvalue weighted by molar-refractivity contribution is 7.09. The molecule has 0 bridgehead atoms. The highest BCUT2D eigenvalue weighted by Gasteiger charge is 2.18. The molecule has 1 N–H and O–H groups in total. The van der Waals surface area contributed by atoms with Gasteiger partial charge in [0.15, 0.2) is 0 Å². The second kappa shape index (κ2) is 8.37. The molecule has 20 heavy (non-hydrogen) atoms. The first kappa shape index (κ1) is 17.1. The van der Waals surface area contributed by atoms with Crippen molar-refractivity contribution in [1.29, 1.82) is 0 Å². The van der Waals surface area contributed by atoms with Crippen LogP contribution in [0.4, 0.5) is 0 Å². The van der Waals surface area contributed by atoms with E-state index in [9.17, 15) is 4.79 Å². The van der Waals surface area contributed by atoms with Crippen molar-refractivity contribution >= 4 is 17.2 Å². The lowest BCUT2D eigenvalue weighted by molar-refractivity contribution is 0.0922. The molecule has 0 atom stereocenters. The van der Waals surface area contributed by atoms with Gasteiger partial charge < -0.3 is 10.1 Å². The standard InChI is InChI=1S/C15H26N2O2S/c1-10(2)6-12(7-11(3)4)16-15(18)13-9-20-14(17-13)8-19-5/h9-12H,6-8H2,1-5H3,(H,16,18). The maximum Gasteiger partial charge on any atom is 0.270 e. The minimum absolute atomic E-state index is 0.0742. The largest absolute Gasteiger partial charge is 0.378 e. The van der Waals surface area contributed by atoms with Crippen molar-refractivity contribution in [1.82, 2.24) is 10.3 Å². The molecule has 1 aromatic rings. The van der Waals surface area contributed by atoms with Crippen LogP contribution in [0.3, 0.4) is 0 Å². The quantitative estimate of drug-likeness (QED) is 0.799. The number of rotatable bonds is 8. The normalized spacial score (nSPS) is 11.6. The van der Waals surface area contributed by atoms with Gasteiger partial charge in [-0.3, -0.25) is 4.79 Å². The minimum atomic E-state index is -0.0742. The Morgan fingerprint density at radius 1 is 1.30 bits per heavy atom. The zero-order valence-corrected chi connectivity index (χ0v) is 13.9. The predicted molar refractivity (Wildman–Crippen MR) is 83.0 cm³/mol. The first-order chi connectivity index (χ1) is 9.42. The summed E-state index contributed by atoms with van der Waals surface area (Å²) in [4.78, 5) is 16.5. The van der Waals surface area contributed by atoms with E-state index in [2.05, 4.69) is 38.0 Å². The number of nitrogens with one attached hydrogen (secondary N) is 1. The number of amides is 1. The molecular weight excluding hydrogens is 272 g/mol. The van der Waals surface area contributed by atoms with Crippen LogP contribution < -0.4 is 5.32 Å². The van der Waals surface area contributed by atoms with E-state index in [1.165, 1.54) is 11.3 Å². The van der Waals surface area contributed by atoms with Crippen LogP contribution in [-0.4, -0.2) is 24.0 Å². The Kier molecular flexibility index (Phi) is 7.16. The van der Waals surface area contributed by atoms with Gasteiger partial charge in [-0.25, -0.2) is 4.98 Å². The molecule has 0 aromatic carbocycles. The Morgan fingerprint density at radius 3 is 2.40 bits per heavy atom. The van der Waals surface area contributed by atoms with E-state index in [1.54, 1.807) is 12.5 Å². The smallest absolute Gasteiger partial charge is 0.270 e. The van der Waals surface area contributed by atoms with Gasteiger partial charge in [-0.1, -0.05) is 27.7 Å². The molecule has 0 aliphatic carbocycles. The molecule has 0 aliphatic heterocycles. The molecule has 1 aromatic heterocycles. The molecular formula is C15H26N2O2S. The van der Waals surface area contributed by atoms with E-state index in [4.69, 9.17) is 4.74 Å². The predicted octanol–water partition coefficient (Wildman–Crippen LogP) is 3.48. The summed E-state index contributed by atoms with van der Waals surface area (Å²) in [5.74, 6) is 1.06.